The number of hydrogen-bond donors (Lipinski definition) is 2. The van der Waals surface area contributed by atoms with Crippen LogP contribution in [0.15, 0.2) is 30.9 Å². The zero-order valence-corrected chi connectivity index (χ0v) is 19.4. The molecule has 1 aliphatic heterocycles. The number of carbonyl (C=O) groups excluding carboxylic acids is 2. The van der Waals surface area contributed by atoms with Crippen LogP contribution < -0.4 is 11.1 Å². The van der Waals surface area contributed by atoms with Crippen LogP contribution in [0.25, 0.3) is 16.6 Å². The van der Waals surface area contributed by atoms with Gasteiger partial charge in [-0.2, -0.15) is 15.5 Å². The minimum Gasteiger partial charge on any atom is -0.378 e. The quantitative estimate of drug-likeness (QED) is 0.579. The van der Waals surface area contributed by atoms with E-state index in [9.17, 15) is 14.9 Å². The molecule has 3 N–H and O–H groups in total. The van der Waals surface area contributed by atoms with Gasteiger partial charge >= 0.3 is 0 Å². The zero-order valence-electron chi connectivity index (χ0n) is 19.4. The molecule has 0 bridgehead atoms. The first-order chi connectivity index (χ1) is 16.3. The van der Waals surface area contributed by atoms with Crippen molar-refractivity contribution in [2.75, 3.05) is 18.4 Å². The van der Waals surface area contributed by atoms with Crippen LogP contribution in [-0.2, 0) is 11.8 Å². The number of nitrogens with two attached hydrogens (primary N) is 1. The number of fused-ring (bicyclic) bond motifs is 1. The first-order valence-corrected chi connectivity index (χ1v) is 11.6. The topological polar surface area (TPSA) is 134 Å². The molecule has 34 heavy (non-hydrogen) atoms. The molecule has 2 fully saturated rings. The number of amides is 2. The number of nitrogens with one attached hydrogen (secondary N) is 1. The standard InChI is InChI=1S/C24H28N8O2/c1-3-15-11-31(23(34)24(14-25)5-4-6-24)13-19(15)29-21-18(22(26)33)9-28-32-12-16(7-20(21)32)17-8-27-30(2)10-17/h7-10,12,15,19,29H,3-6,11,13H2,1-2H3,(H2,26,33)/t15-,19-/m1/s1. The summed E-state index contributed by atoms with van der Waals surface area (Å²) in [6.45, 7) is 3.15. The lowest BCUT2D eigenvalue weighted by Gasteiger charge is -2.36. The molecule has 176 valence electrons. The number of aromatic nitrogens is 4. The number of nitriles is 1. The highest BCUT2D eigenvalue weighted by Gasteiger charge is 2.49. The molecule has 10 nitrogen and oxygen atoms in total. The van der Waals surface area contributed by atoms with Crippen LogP contribution in [0.1, 0.15) is 43.0 Å². The molecule has 0 spiro atoms. The fourth-order valence-electron chi connectivity index (χ4n) is 5.13. The highest BCUT2D eigenvalue weighted by Crippen LogP contribution is 2.43. The van der Waals surface area contributed by atoms with Crippen LogP contribution in [-0.4, -0.2) is 55.2 Å². The van der Waals surface area contributed by atoms with Crippen molar-refractivity contribution in [2.24, 2.45) is 24.1 Å². The van der Waals surface area contributed by atoms with Gasteiger partial charge in [0, 0.05) is 49.7 Å². The van der Waals surface area contributed by atoms with Crippen molar-refractivity contribution in [3.8, 4) is 17.2 Å². The number of likely N-dealkylation sites (tertiary alicyclic amines) is 1. The number of rotatable bonds is 6. The monoisotopic (exact) mass is 460 g/mol. The Morgan fingerprint density at radius 3 is 2.62 bits per heavy atom. The van der Waals surface area contributed by atoms with Crippen molar-refractivity contribution in [3.63, 3.8) is 0 Å². The number of primary amides is 1. The minimum absolute atomic E-state index is 0.0689. The summed E-state index contributed by atoms with van der Waals surface area (Å²) in [4.78, 5) is 27.3. The number of carbonyl (C=O) groups is 2. The lowest BCUT2D eigenvalue weighted by molar-refractivity contribution is -0.142. The van der Waals surface area contributed by atoms with Crippen molar-refractivity contribution in [3.05, 3.63) is 36.4 Å². The predicted octanol–water partition coefficient (Wildman–Crippen LogP) is 2.18. The number of aryl methyl sites for hydroxylation is 1. The lowest BCUT2D eigenvalue weighted by Crippen LogP contribution is -2.46. The van der Waals surface area contributed by atoms with Gasteiger partial charge in [-0.3, -0.25) is 14.3 Å². The van der Waals surface area contributed by atoms with Gasteiger partial charge in [0.1, 0.15) is 5.41 Å². The molecule has 0 unspecified atom stereocenters. The summed E-state index contributed by atoms with van der Waals surface area (Å²) in [5.74, 6) is -0.458. The van der Waals surface area contributed by atoms with Gasteiger partial charge < -0.3 is 16.0 Å². The molecule has 1 aliphatic carbocycles. The Bertz CT molecular complexity index is 1310. The molecule has 2 amide bonds. The molecule has 3 aromatic heterocycles. The highest BCUT2D eigenvalue weighted by atomic mass is 16.2. The highest BCUT2D eigenvalue weighted by molar-refractivity contribution is 6.02. The van der Waals surface area contributed by atoms with E-state index in [1.165, 1.54) is 6.20 Å². The van der Waals surface area contributed by atoms with E-state index in [-0.39, 0.29) is 17.9 Å². The smallest absolute Gasteiger partial charge is 0.252 e. The van der Waals surface area contributed by atoms with Crippen molar-refractivity contribution in [1.82, 2.24) is 24.3 Å². The van der Waals surface area contributed by atoms with Gasteiger partial charge in [-0.25, -0.2) is 4.52 Å². The van der Waals surface area contributed by atoms with E-state index in [0.29, 0.717) is 37.2 Å². The van der Waals surface area contributed by atoms with Gasteiger partial charge in [0.05, 0.1) is 35.2 Å². The maximum absolute atomic E-state index is 13.2. The van der Waals surface area contributed by atoms with Crippen LogP contribution in [0.4, 0.5) is 5.69 Å². The maximum atomic E-state index is 13.2. The number of nitrogens with zero attached hydrogens (tertiary/aromatic N) is 6. The van der Waals surface area contributed by atoms with Crippen LogP contribution in [0.3, 0.4) is 0 Å². The van der Waals surface area contributed by atoms with Crippen molar-refractivity contribution < 1.29 is 9.59 Å². The molecule has 1 saturated heterocycles. The molecule has 4 heterocycles. The summed E-state index contributed by atoms with van der Waals surface area (Å²) in [5.41, 5.74) is 8.32. The molecule has 5 rings (SSSR count). The first-order valence-electron chi connectivity index (χ1n) is 11.6. The van der Waals surface area contributed by atoms with Gasteiger partial charge in [0.2, 0.25) is 5.91 Å². The Labute approximate surface area is 197 Å². The average Bonchev–Trinajstić information content (AvgIpc) is 3.51. The van der Waals surface area contributed by atoms with E-state index >= 15 is 0 Å². The Hall–Kier alpha value is -3.87. The molecule has 0 radical (unpaired) electrons. The van der Waals surface area contributed by atoms with E-state index in [1.54, 1.807) is 15.4 Å². The third-order valence-corrected chi connectivity index (χ3v) is 7.35. The van der Waals surface area contributed by atoms with Crippen LogP contribution in [0.5, 0.6) is 0 Å². The SMILES string of the molecule is CC[C@@H]1CN(C(=O)C2(C#N)CCC2)C[C@H]1Nc1c(C(N)=O)cnn2cc(-c3cnn(C)c3)cc12. The minimum atomic E-state index is -0.865. The van der Waals surface area contributed by atoms with E-state index in [2.05, 4.69) is 28.5 Å². The number of hydrogen-bond acceptors (Lipinski definition) is 6. The molecule has 0 aromatic carbocycles. The summed E-state index contributed by atoms with van der Waals surface area (Å²) in [6.07, 6.45) is 10.1. The maximum Gasteiger partial charge on any atom is 0.252 e. The van der Waals surface area contributed by atoms with Gasteiger partial charge in [0.25, 0.3) is 5.91 Å². The van der Waals surface area contributed by atoms with Crippen molar-refractivity contribution >= 4 is 23.0 Å². The van der Waals surface area contributed by atoms with Gasteiger partial charge in [-0.1, -0.05) is 6.92 Å². The van der Waals surface area contributed by atoms with Crippen LogP contribution in [0.2, 0.25) is 0 Å². The fourth-order valence-corrected chi connectivity index (χ4v) is 5.13. The molecular weight excluding hydrogens is 432 g/mol. The summed E-state index contributed by atoms with van der Waals surface area (Å²) < 4.78 is 3.44. The van der Waals surface area contributed by atoms with Gasteiger partial charge in [-0.05, 0) is 37.7 Å². The summed E-state index contributed by atoms with van der Waals surface area (Å²) >= 11 is 0. The summed E-state index contributed by atoms with van der Waals surface area (Å²) in [5, 5.41) is 21.8. The summed E-state index contributed by atoms with van der Waals surface area (Å²) in [6, 6.07) is 4.14. The second-order valence-electron chi connectivity index (χ2n) is 9.44. The van der Waals surface area contributed by atoms with Crippen LogP contribution >= 0.6 is 0 Å². The Kier molecular flexibility index (Phi) is 5.27. The van der Waals surface area contributed by atoms with Gasteiger partial charge in [0.15, 0.2) is 0 Å². The van der Waals surface area contributed by atoms with Crippen LogP contribution in [0, 0.1) is 22.7 Å². The third-order valence-electron chi connectivity index (χ3n) is 7.35. The van der Waals surface area contributed by atoms with Crippen molar-refractivity contribution in [1.29, 1.82) is 5.26 Å². The normalized spacial score (nSPS) is 21.3. The zero-order chi connectivity index (χ0) is 24.0. The van der Waals surface area contributed by atoms with E-state index < -0.39 is 11.3 Å². The second kappa shape index (κ2) is 8.17. The molecule has 2 atom stereocenters. The van der Waals surface area contributed by atoms with E-state index in [0.717, 1.165) is 29.5 Å². The number of anilines is 1. The Balaban J connectivity index is 1.48. The fraction of sp³-hybridized carbons (Fsp3) is 0.458. The largest absolute Gasteiger partial charge is 0.378 e. The van der Waals surface area contributed by atoms with Gasteiger partial charge in [-0.15, -0.1) is 0 Å². The summed E-state index contributed by atoms with van der Waals surface area (Å²) in [7, 11) is 1.85. The molecule has 3 aromatic rings. The second-order valence-corrected chi connectivity index (χ2v) is 9.44. The molecule has 2 aliphatic rings. The Morgan fingerprint density at radius 2 is 2.03 bits per heavy atom. The third kappa shape index (κ3) is 3.48. The average molecular weight is 461 g/mol. The molecule has 10 heteroatoms. The van der Waals surface area contributed by atoms with E-state index in [4.69, 9.17) is 5.73 Å². The van der Waals surface area contributed by atoms with Crippen molar-refractivity contribution in [2.45, 2.75) is 38.6 Å². The first kappa shape index (κ1) is 21.9. The molecular formula is C24H28N8O2. The lowest BCUT2D eigenvalue weighted by atomic mass is 9.69. The van der Waals surface area contributed by atoms with E-state index in [1.807, 2.05) is 30.4 Å². The Morgan fingerprint density at radius 1 is 1.24 bits per heavy atom. The molecule has 1 saturated carbocycles. The predicted molar refractivity (Wildman–Crippen MR) is 126 cm³/mol.